The Labute approximate surface area is 116 Å². The Balaban J connectivity index is 1.63. The smallest absolute Gasteiger partial charge is 0.296 e. The van der Waals surface area contributed by atoms with Gasteiger partial charge >= 0.3 is 0 Å². The SMILES string of the molecule is Nc1ccc2oc(NCC(=O)N3CCCCC3)nc2c1. The molecule has 0 bridgehead atoms. The Kier molecular flexibility index (Phi) is 3.45. The van der Waals surface area contributed by atoms with Crippen LogP contribution in [0.25, 0.3) is 11.1 Å². The first-order valence-electron chi connectivity index (χ1n) is 6.90. The minimum atomic E-state index is 0.0893. The molecule has 1 aliphatic rings. The van der Waals surface area contributed by atoms with Crippen molar-refractivity contribution in [2.24, 2.45) is 0 Å². The Morgan fingerprint density at radius 2 is 2.15 bits per heavy atom. The Bertz CT molecular complexity index is 617. The summed E-state index contributed by atoms with van der Waals surface area (Å²) in [6.45, 7) is 1.91. The van der Waals surface area contributed by atoms with Gasteiger partial charge in [-0.25, -0.2) is 0 Å². The fraction of sp³-hybridized carbons (Fsp3) is 0.429. The third-order valence-electron chi connectivity index (χ3n) is 3.51. The number of nitrogens with one attached hydrogen (secondary N) is 1. The molecule has 106 valence electrons. The summed E-state index contributed by atoms with van der Waals surface area (Å²) in [4.78, 5) is 18.2. The number of nitrogens with zero attached hydrogens (tertiary/aromatic N) is 2. The van der Waals surface area contributed by atoms with Crippen LogP contribution in [0.3, 0.4) is 0 Å². The van der Waals surface area contributed by atoms with Crippen LogP contribution < -0.4 is 11.1 Å². The quantitative estimate of drug-likeness (QED) is 0.834. The van der Waals surface area contributed by atoms with E-state index in [0.717, 1.165) is 25.9 Å². The molecule has 1 saturated heterocycles. The van der Waals surface area contributed by atoms with Gasteiger partial charge in [-0.05, 0) is 37.5 Å². The maximum Gasteiger partial charge on any atom is 0.296 e. The zero-order valence-electron chi connectivity index (χ0n) is 11.3. The number of hydrogen-bond donors (Lipinski definition) is 2. The largest absolute Gasteiger partial charge is 0.424 e. The number of rotatable bonds is 3. The van der Waals surface area contributed by atoms with Crippen molar-refractivity contribution in [3.63, 3.8) is 0 Å². The molecule has 0 radical (unpaired) electrons. The Morgan fingerprint density at radius 1 is 1.35 bits per heavy atom. The molecule has 20 heavy (non-hydrogen) atoms. The van der Waals surface area contributed by atoms with Crippen molar-refractivity contribution in [1.29, 1.82) is 0 Å². The molecule has 1 fully saturated rings. The number of anilines is 2. The highest BCUT2D eigenvalue weighted by molar-refractivity contribution is 5.82. The molecule has 3 N–H and O–H groups in total. The highest BCUT2D eigenvalue weighted by atomic mass is 16.4. The molecule has 0 unspecified atom stereocenters. The molecule has 2 heterocycles. The summed E-state index contributed by atoms with van der Waals surface area (Å²) >= 11 is 0. The number of piperidine rings is 1. The zero-order valence-corrected chi connectivity index (χ0v) is 11.3. The fourth-order valence-electron chi connectivity index (χ4n) is 2.43. The molecule has 6 heteroatoms. The van der Waals surface area contributed by atoms with Crippen LogP contribution in [0.1, 0.15) is 19.3 Å². The lowest BCUT2D eigenvalue weighted by Gasteiger charge is -2.26. The zero-order chi connectivity index (χ0) is 13.9. The van der Waals surface area contributed by atoms with Gasteiger partial charge < -0.3 is 20.4 Å². The molecule has 0 atom stereocenters. The number of oxazole rings is 1. The van der Waals surface area contributed by atoms with Gasteiger partial charge in [0.05, 0.1) is 6.54 Å². The summed E-state index contributed by atoms with van der Waals surface area (Å²) in [6.07, 6.45) is 3.39. The monoisotopic (exact) mass is 274 g/mol. The van der Waals surface area contributed by atoms with E-state index in [9.17, 15) is 4.79 Å². The van der Waals surface area contributed by atoms with Gasteiger partial charge in [0.15, 0.2) is 5.58 Å². The first-order chi connectivity index (χ1) is 9.72. The topological polar surface area (TPSA) is 84.4 Å². The van der Waals surface area contributed by atoms with Crippen LogP contribution >= 0.6 is 0 Å². The maximum absolute atomic E-state index is 12.0. The lowest BCUT2D eigenvalue weighted by atomic mass is 10.1. The van der Waals surface area contributed by atoms with E-state index in [1.165, 1.54) is 6.42 Å². The van der Waals surface area contributed by atoms with E-state index < -0.39 is 0 Å². The predicted molar refractivity (Wildman–Crippen MR) is 77.3 cm³/mol. The van der Waals surface area contributed by atoms with Crippen LogP contribution in [-0.2, 0) is 4.79 Å². The second kappa shape index (κ2) is 5.40. The second-order valence-electron chi connectivity index (χ2n) is 5.04. The third-order valence-corrected chi connectivity index (χ3v) is 3.51. The van der Waals surface area contributed by atoms with Crippen LogP contribution in [-0.4, -0.2) is 35.4 Å². The molecule has 2 aromatic rings. The van der Waals surface area contributed by atoms with E-state index >= 15 is 0 Å². The number of aromatic nitrogens is 1. The van der Waals surface area contributed by atoms with Gasteiger partial charge in [0.1, 0.15) is 5.52 Å². The molecule has 3 rings (SSSR count). The average Bonchev–Trinajstić information content (AvgIpc) is 2.87. The number of fused-ring (bicyclic) bond motifs is 1. The van der Waals surface area contributed by atoms with Gasteiger partial charge in [-0.15, -0.1) is 0 Å². The van der Waals surface area contributed by atoms with Crippen LogP contribution in [0.4, 0.5) is 11.7 Å². The lowest BCUT2D eigenvalue weighted by Crippen LogP contribution is -2.39. The molecule has 1 aromatic carbocycles. The second-order valence-corrected chi connectivity index (χ2v) is 5.04. The van der Waals surface area contributed by atoms with E-state index in [1.54, 1.807) is 18.2 Å². The average molecular weight is 274 g/mol. The molecule has 1 amide bonds. The van der Waals surface area contributed by atoms with Gasteiger partial charge in [-0.1, -0.05) is 0 Å². The molecule has 0 aliphatic carbocycles. The molecule has 0 spiro atoms. The normalized spacial score (nSPS) is 15.5. The van der Waals surface area contributed by atoms with Crippen molar-refractivity contribution < 1.29 is 9.21 Å². The third kappa shape index (κ3) is 2.68. The molecule has 0 saturated carbocycles. The van der Waals surface area contributed by atoms with Crippen molar-refractivity contribution in [2.45, 2.75) is 19.3 Å². The summed E-state index contributed by atoms with van der Waals surface area (Å²) in [5.41, 5.74) is 7.68. The van der Waals surface area contributed by atoms with Gasteiger partial charge in [0.2, 0.25) is 5.91 Å². The van der Waals surface area contributed by atoms with E-state index in [2.05, 4.69) is 10.3 Å². The van der Waals surface area contributed by atoms with Crippen LogP contribution in [0, 0.1) is 0 Å². The number of carbonyl (C=O) groups excluding carboxylic acids is 1. The standard InChI is InChI=1S/C14H18N4O2/c15-10-4-5-12-11(8-10)17-14(20-12)16-9-13(19)18-6-2-1-3-7-18/h4-5,8H,1-3,6-7,9,15H2,(H,16,17). The van der Waals surface area contributed by atoms with E-state index in [1.807, 2.05) is 4.90 Å². The van der Waals surface area contributed by atoms with E-state index in [-0.39, 0.29) is 12.5 Å². The van der Waals surface area contributed by atoms with Crippen molar-refractivity contribution in [1.82, 2.24) is 9.88 Å². The number of nitrogens with two attached hydrogens (primary N) is 1. The predicted octanol–water partition coefficient (Wildman–Crippen LogP) is 1.83. The highest BCUT2D eigenvalue weighted by Gasteiger charge is 2.16. The number of likely N-dealkylation sites (tertiary alicyclic amines) is 1. The van der Waals surface area contributed by atoms with Crippen molar-refractivity contribution in [2.75, 3.05) is 30.7 Å². The molecule has 1 aromatic heterocycles. The summed E-state index contributed by atoms with van der Waals surface area (Å²) in [6, 6.07) is 5.64. The first-order valence-corrected chi connectivity index (χ1v) is 6.90. The summed E-state index contributed by atoms with van der Waals surface area (Å²) in [5, 5.41) is 2.94. The van der Waals surface area contributed by atoms with Gasteiger partial charge in [-0.2, -0.15) is 4.98 Å². The Morgan fingerprint density at radius 3 is 2.95 bits per heavy atom. The van der Waals surface area contributed by atoms with E-state index in [0.29, 0.717) is 22.8 Å². The van der Waals surface area contributed by atoms with Crippen molar-refractivity contribution >= 4 is 28.7 Å². The molecular weight excluding hydrogens is 256 g/mol. The number of carbonyl (C=O) groups is 1. The van der Waals surface area contributed by atoms with Crippen LogP contribution in [0.5, 0.6) is 0 Å². The van der Waals surface area contributed by atoms with Gasteiger partial charge in [0.25, 0.3) is 6.01 Å². The van der Waals surface area contributed by atoms with Gasteiger partial charge in [0, 0.05) is 18.8 Å². The van der Waals surface area contributed by atoms with Crippen molar-refractivity contribution in [3.05, 3.63) is 18.2 Å². The number of benzene rings is 1. The van der Waals surface area contributed by atoms with Crippen LogP contribution in [0.2, 0.25) is 0 Å². The van der Waals surface area contributed by atoms with Crippen LogP contribution in [0.15, 0.2) is 22.6 Å². The number of nitrogen functional groups attached to an aromatic ring is 1. The summed E-state index contributed by atoms with van der Waals surface area (Å²) in [5.74, 6) is 0.0893. The molecular formula is C14H18N4O2. The van der Waals surface area contributed by atoms with E-state index in [4.69, 9.17) is 10.2 Å². The Hall–Kier alpha value is -2.24. The van der Waals surface area contributed by atoms with Crippen molar-refractivity contribution in [3.8, 4) is 0 Å². The number of hydrogen-bond acceptors (Lipinski definition) is 5. The first kappa shape index (κ1) is 12.8. The summed E-state index contributed by atoms with van der Waals surface area (Å²) in [7, 11) is 0. The maximum atomic E-state index is 12.0. The lowest BCUT2D eigenvalue weighted by molar-refractivity contribution is -0.130. The minimum Gasteiger partial charge on any atom is -0.424 e. The van der Waals surface area contributed by atoms with Gasteiger partial charge in [-0.3, -0.25) is 4.79 Å². The fourth-order valence-corrected chi connectivity index (χ4v) is 2.43. The number of amides is 1. The summed E-state index contributed by atoms with van der Waals surface area (Å²) < 4.78 is 5.51. The molecule has 6 nitrogen and oxygen atoms in total. The molecule has 1 aliphatic heterocycles. The highest BCUT2D eigenvalue weighted by Crippen LogP contribution is 2.20. The minimum absolute atomic E-state index is 0.0893.